The van der Waals surface area contributed by atoms with Gasteiger partial charge < -0.3 is 15.2 Å². The van der Waals surface area contributed by atoms with Crippen LogP contribution in [0.1, 0.15) is 44.4 Å². The molecular weight excluding hydrogens is 238 g/mol. The predicted molar refractivity (Wildman–Crippen MR) is 77.1 cm³/mol. The van der Waals surface area contributed by atoms with Crippen LogP contribution < -0.4 is 5.73 Å². The van der Waals surface area contributed by atoms with Crippen LogP contribution in [0.5, 0.6) is 0 Å². The van der Waals surface area contributed by atoms with E-state index in [2.05, 4.69) is 39.0 Å². The van der Waals surface area contributed by atoms with E-state index in [-0.39, 0.29) is 17.7 Å². The van der Waals surface area contributed by atoms with Crippen LogP contribution in [-0.2, 0) is 15.9 Å². The zero-order valence-corrected chi connectivity index (χ0v) is 12.2. The van der Waals surface area contributed by atoms with E-state index in [0.29, 0.717) is 13.2 Å². The molecule has 0 saturated carbocycles. The number of aryl methyl sites for hydroxylation is 1. The molecule has 0 heterocycles. The molecule has 0 bridgehead atoms. The Morgan fingerprint density at radius 1 is 1.21 bits per heavy atom. The third-order valence-corrected chi connectivity index (χ3v) is 3.46. The van der Waals surface area contributed by atoms with Crippen LogP contribution >= 0.6 is 0 Å². The van der Waals surface area contributed by atoms with Crippen molar-refractivity contribution in [2.45, 2.75) is 51.4 Å². The molecule has 19 heavy (non-hydrogen) atoms. The highest BCUT2D eigenvalue weighted by atomic mass is 16.5. The van der Waals surface area contributed by atoms with Gasteiger partial charge in [-0.15, -0.1) is 0 Å². The first kappa shape index (κ1) is 14.5. The first-order valence-electron chi connectivity index (χ1n) is 7.06. The van der Waals surface area contributed by atoms with E-state index >= 15 is 0 Å². The molecule has 0 aromatic heterocycles. The number of benzene rings is 1. The second-order valence-electron chi connectivity index (χ2n) is 6.13. The highest BCUT2D eigenvalue weighted by Crippen LogP contribution is 2.29. The van der Waals surface area contributed by atoms with Crippen molar-refractivity contribution in [1.82, 2.24) is 0 Å². The normalized spacial score (nSPS) is 23.2. The fraction of sp³-hybridized carbons (Fsp3) is 0.625. The first-order valence-corrected chi connectivity index (χ1v) is 7.06. The van der Waals surface area contributed by atoms with Gasteiger partial charge in [0.15, 0.2) is 0 Å². The van der Waals surface area contributed by atoms with E-state index in [1.54, 1.807) is 0 Å². The fourth-order valence-corrected chi connectivity index (χ4v) is 2.50. The molecule has 0 saturated heterocycles. The molecule has 1 aromatic rings. The third kappa shape index (κ3) is 4.03. The van der Waals surface area contributed by atoms with E-state index in [9.17, 15) is 0 Å². The predicted octanol–water partition coefficient (Wildman–Crippen LogP) is 2.83. The molecule has 1 aromatic carbocycles. The summed E-state index contributed by atoms with van der Waals surface area (Å²) in [5, 5.41) is 0. The van der Waals surface area contributed by atoms with Crippen LogP contribution in [0.4, 0.5) is 0 Å². The van der Waals surface area contributed by atoms with Crippen LogP contribution in [-0.4, -0.2) is 24.9 Å². The molecule has 1 aliphatic rings. The second-order valence-corrected chi connectivity index (χ2v) is 6.13. The maximum absolute atomic E-state index is 6.29. The first-order chi connectivity index (χ1) is 8.97. The average molecular weight is 263 g/mol. The molecule has 3 heteroatoms. The molecule has 1 aliphatic carbocycles. The summed E-state index contributed by atoms with van der Waals surface area (Å²) in [6.07, 6.45) is 2.15. The summed E-state index contributed by atoms with van der Waals surface area (Å²) in [4.78, 5) is 0. The molecule has 0 radical (unpaired) electrons. The van der Waals surface area contributed by atoms with Gasteiger partial charge >= 0.3 is 0 Å². The number of rotatable bonds is 4. The number of fused-ring (bicyclic) bond motifs is 1. The Kier molecular flexibility index (Phi) is 4.61. The van der Waals surface area contributed by atoms with Crippen LogP contribution in [0, 0.1) is 0 Å². The molecular formula is C16H25NO2. The van der Waals surface area contributed by atoms with E-state index in [1.165, 1.54) is 11.1 Å². The number of nitrogens with two attached hydrogens (primary N) is 1. The molecule has 3 nitrogen and oxygen atoms in total. The molecule has 0 aliphatic heterocycles. The highest BCUT2D eigenvalue weighted by Gasteiger charge is 2.26. The maximum Gasteiger partial charge on any atom is 0.0772 e. The van der Waals surface area contributed by atoms with Gasteiger partial charge in [-0.1, -0.05) is 24.3 Å². The fourth-order valence-electron chi connectivity index (χ4n) is 2.50. The minimum absolute atomic E-state index is 0.0143. The molecule has 2 rings (SSSR count). The van der Waals surface area contributed by atoms with Gasteiger partial charge in [-0.05, 0) is 44.7 Å². The lowest BCUT2D eigenvalue weighted by Gasteiger charge is -2.31. The van der Waals surface area contributed by atoms with Crippen molar-refractivity contribution in [2.75, 3.05) is 13.2 Å². The third-order valence-electron chi connectivity index (χ3n) is 3.46. The molecule has 2 N–H and O–H groups in total. The Morgan fingerprint density at radius 2 is 1.95 bits per heavy atom. The monoisotopic (exact) mass is 263 g/mol. The SMILES string of the molecule is CC(C)(C)OCCOC1CCc2ccccc2C1N. The molecule has 2 unspecified atom stereocenters. The van der Waals surface area contributed by atoms with Crippen LogP contribution in [0.15, 0.2) is 24.3 Å². The van der Waals surface area contributed by atoms with Gasteiger partial charge in [-0.25, -0.2) is 0 Å². The molecule has 106 valence electrons. The Balaban J connectivity index is 1.84. The number of hydrogen-bond acceptors (Lipinski definition) is 3. The summed E-state index contributed by atoms with van der Waals surface area (Å²) in [5.41, 5.74) is 8.78. The Morgan fingerprint density at radius 3 is 2.68 bits per heavy atom. The standard InChI is InChI=1S/C16H25NO2/c1-16(2,3)19-11-10-18-14-9-8-12-6-4-5-7-13(12)15(14)17/h4-7,14-15H,8-11,17H2,1-3H3. The van der Waals surface area contributed by atoms with Crippen LogP contribution in [0.2, 0.25) is 0 Å². The van der Waals surface area contributed by atoms with E-state index in [4.69, 9.17) is 15.2 Å². The van der Waals surface area contributed by atoms with Crippen LogP contribution in [0.3, 0.4) is 0 Å². The van der Waals surface area contributed by atoms with Crippen molar-refractivity contribution in [2.24, 2.45) is 5.73 Å². The summed E-state index contributed by atoms with van der Waals surface area (Å²) < 4.78 is 11.6. The summed E-state index contributed by atoms with van der Waals surface area (Å²) >= 11 is 0. The van der Waals surface area contributed by atoms with Crippen molar-refractivity contribution in [1.29, 1.82) is 0 Å². The zero-order valence-electron chi connectivity index (χ0n) is 12.2. The summed E-state index contributed by atoms with van der Waals surface area (Å²) in [7, 11) is 0. The lowest BCUT2D eigenvalue weighted by molar-refractivity contribution is -0.0589. The zero-order chi connectivity index (χ0) is 13.9. The maximum atomic E-state index is 6.29. The average Bonchev–Trinajstić information content (AvgIpc) is 2.36. The minimum atomic E-state index is -0.107. The molecule has 0 fully saturated rings. The topological polar surface area (TPSA) is 44.5 Å². The highest BCUT2D eigenvalue weighted by molar-refractivity contribution is 5.33. The largest absolute Gasteiger partial charge is 0.374 e. The van der Waals surface area contributed by atoms with E-state index < -0.39 is 0 Å². The van der Waals surface area contributed by atoms with Gasteiger partial charge in [0.05, 0.1) is 31.0 Å². The molecule has 2 atom stereocenters. The Labute approximate surface area is 116 Å². The summed E-state index contributed by atoms with van der Waals surface area (Å²) in [6.45, 7) is 7.38. The van der Waals surface area contributed by atoms with Crippen molar-refractivity contribution in [3.63, 3.8) is 0 Å². The van der Waals surface area contributed by atoms with Crippen molar-refractivity contribution in [3.05, 3.63) is 35.4 Å². The van der Waals surface area contributed by atoms with Crippen LogP contribution in [0.25, 0.3) is 0 Å². The lowest BCUT2D eigenvalue weighted by Crippen LogP contribution is -2.35. The van der Waals surface area contributed by atoms with Gasteiger partial charge in [0, 0.05) is 0 Å². The molecule has 0 amide bonds. The number of ether oxygens (including phenoxy) is 2. The van der Waals surface area contributed by atoms with Crippen molar-refractivity contribution < 1.29 is 9.47 Å². The Hall–Kier alpha value is -0.900. The van der Waals surface area contributed by atoms with Crippen molar-refractivity contribution in [3.8, 4) is 0 Å². The quantitative estimate of drug-likeness (QED) is 0.850. The Bertz CT molecular complexity index is 411. The van der Waals surface area contributed by atoms with Crippen molar-refractivity contribution >= 4 is 0 Å². The van der Waals surface area contributed by atoms with E-state index in [1.807, 2.05) is 6.07 Å². The lowest BCUT2D eigenvalue weighted by atomic mass is 9.86. The van der Waals surface area contributed by atoms with Gasteiger partial charge in [-0.2, -0.15) is 0 Å². The molecule has 0 spiro atoms. The van der Waals surface area contributed by atoms with Gasteiger partial charge in [0.2, 0.25) is 0 Å². The van der Waals surface area contributed by atoms with Gasteiger partial charge in [0.1, 0.15) is 0 Å². The van der Waals surface area contributed by atoms with Gasteiger partial charge in [-0.3, -0.25) is 0 Å². The minimum Gasteiger partial charge on any atom is -0.374 e. The second kappa shape index (κ2) is 6.04. The summed E-state index contributed by atoms with van der Waals surface area (Å²) in [6, 6.07) is 8.38. The number of hydrogen-bond donors (Lipinski definition) is 1. The van der Waals surface area contributed by atoms with Gasteiger partial charge in [0.25, 0.3) is 0 Å². The summed E-state index contributed by atoms with van der Waals surface area (Å²) in [5.74, 6) is 0. The smallest absolute Gasteiger partial charge is 0.0772 e. The van der Waals surface area contributed by atoms with E-state index in [0.717, 1.165) is 12.8 Å².